The van der Waals surface area contributed by atoms with Crippen molar-refractivity contribution in [3.8, 4) is 0 Å². The number of hydrogen-bond acceptors (Lipinski definition) is 3. The third-order valence-electron chi connectivity index (χ3n) is 3.64. The molecule has 2 aromatic rings. The Hall–Kier alpha value is -1.55. The molecule has 2 heterocycles. The van der Waals surface area contributed by atoms with Crippen molar-refractivity contribution in [3.05, 3.63) is 41.2 Å². The Labute approximate surface area is 124 Å². The number of thioether (sulfide) groups is 1. The lowest BCUT2D eigenvalue weighted by atomic mass is 9.85. The summed E-state index contributed by atoms with van der Waals surface area (Å²) in [5, 5.41) is 9.82. The van der Waals surface area contributed by atoms with E-state index < -0.39 is 0 Å². The van der Waals surface area contributed by atoms with E-state index in [1.165, 1.54) is 11.1 Å². The van der Waals surface area contributed by atoms with Crippen molar-refractivity contribution in [3.63, 3.8) is 0 Å². The molecule has 0 amide bonds. The van der Waals surface area contributed by atoms with Crippen molar-refractivity contribution < 1.29 is 0 Å². The second-order valence-corrected chi connectivity index (χ2v) is 6.54. The molecule has 1 aliphatic heterocycles. The van der Waals surface area contributed by atoms with E-state index in [4.69, 9.17) is 0 Å². The first kappa shape index (κ1) is 13.4. The van der Waals surface area contributed by atoms with Crippen molar-refractivity contribution in [2.24, 2.45) is 5.92 Å². The summed E-state index contributed by atoms with van der Waals surface area (Å²) in [5.74, 6) is 2.83. The predicted molar refractivity (Wildman–Crippen MR) is 84.8 cm³/mol. The van der Waals surface area contributed by atoms with Gasteiger partial charge in [-0.1, -0.05) is 56.8 Å². The average Bonchev–Trinajstić information content (AvgIpc) is 2.73. The normalized spacial score (nSPS) is 16.9. The molecule has 3 nitrogen and oxygen atoms in total. The number of fused-ring (bicyclic) bond motifs is 2. The SMILES string of the molecule is CCSc1nnc2n1C=Cc1ccccc1C2C(C)C. The van der Waals surface area contributed by atoms with Gasteiger partial charge in [-0.3, -0.25) is 4.57 Å². The van der Waals surface area contributed by atoms with Crippen molar-refractivity contribution in [1.29, 1.82) is 0 Å². The zero-order valence-electron chi connectivity index (χ0n) is 12.1. The lowest BCUT2D eigenvalue weighted by molar-refractivity contribution is 0.532. The predicted octanol–water partition coefficient (Wildman–Crippen LogP) is 4.12. The average molecular weight is 285 g/mol. The van der Waals surface area contributed by atoms with Crippen molar-refractivity contribution in [2.45, 2.75) is 31.8 Å². The largest absolute Gasteiger partial charge is 0.280 e. The molecule has 1 aliphatic rings. The zero-order valence-corrected chi connectivity index (χ0v) is 12.9. The van der Waals surface area contributed by atoms with E-state index in [2.05, 4.69) is 72.1 Å². The number of aromatic nitrogens is 3. The van der Waals surface area contributed by atoms with Crippen molar-refractivity contribution >= 4 is 24.0 Å². The van der Waals surface area contributed by atoms with Gasteiger partial charge in [0.2, 0.25) is 0 Å². The van der Waals surface area contributed by atoms with E-state index in [-0.39, 0.29) is 0 Å². The van der Waals surface area contributed by atoms with E-state index in [1.54, 1.807) is 11.8 Å². The van der Waals surface area contributed by atoms with E-state index in [0.717, 1.165) is 16.7 Å². The molecule has 1 atom stereocenters. The number of nitrogens with zero attached hydrogens (tertiary/aromatic N) is 3. The van der Waals surface area contributed by atoms with Crippen LogP contribution in [0.2, 0.25) is 0 Å². The van der Waals surface area contributed by atoms with Crippen LogP contribution in [0.3, 0.4) is 0 Å². The van der Waals surface area contributed by atoms with Gasteiger partial charge in [0.15, 0.2) is 5.16 Å². The fraction of sp³-hybridized carbons (Fsp3) is 0.375. The second-order valence-electron chi connectivity index (χ2n) is 5.31. The van der Waals surface area contributed by atoms with Crippen molar-refractivity contribution in [1.82, 2.24) is 14.8 Å². The molecule has 1 unspecified atom stereocenters. The fourth-order valence-corrected chi connectivity index (χ4v) is 3.42. The summed E-state index contributed by atoms with van der Waals surface area (Å²) in [6, 6.07) is 8.58. The van der Waals surface area contributed by atoms with Gasteiger partial charge in [0.05, 0.1) is 0 Å². The first-order valence-electron chi connectivity index (χ1n) is 7.07. The quantitative estimate of drug-likeness (QED) is 0.795. The molecule has 104 valence electrons. The summed E-state index contributed by atoms with van der Waals surface area (Å²) < 4.78 is 2.15. The van der Waals surface area contributed by atoms with Crippen molar-refractivity contribution in [2.75, 3.05) is 5.75 Å². The minimum Gasteiger partial charge on any atom is -0.280 e. The van der Waals surface area contributed by atoms with E-state index in [9.17, 15) is 0 Å². The number of hydrogen-bond donors (Lipinski definition) is 0. The first-order chi connectivity index (χ1) is 9.72. The summed E-state index contributed by atoms with van der Waals surface area (Å²) in [5.41, 5.74) is 2.63. The fourth-order valence-electron chi connectivity index (χ4n) is 2.77. The Morgan fingerprint density at radius 1 is 1.25 bits per heavy atom. The van der Waals surface area contributed by atoms with E-state index >= 15 is 0 Å². The van der Waals surface area contributed by atoms with Gasteiger partial charge in [0, 0.05) is 12.1 Å². The van der Waals surface area contributed by atoms with Crippen LogP contribution in [0.1, 0.15) is 43.6 Å². The first-order valence-corrected chi connectivity index (χ1v) is 8.05. The zero-order chi connectivity index (χ0) is 14.1. The van der Waals surface area contributed by atoms with Gasteiger partial charge in [-0.2, -0.15) is 0 Å². The van der Waals surface area contributed by atoms with E-state index in [1.807, 2.05) is 0 Å². The molecule has 0 N–H and O–H groups in total. The maximum Gasteiger partial charge on any atom is 0.195 e. The molecule has 0 bridgehead atoms. The summed E-state index contributed by atoms with van der Waals surface area (Å²) in [4.78, 5) is 0. The minimum absolute atomic E-state index is 0.292. The van der Waals surface area contributed by atoms with E-state index in [0.29, 0.717) is 11.8 Å². The van der Waals surface area contributed by atoms with Crippen LogP contribution in [0.25, 0.3) is 12.3 Å². The third kappa shape index (κ3) is 2.18. The topological polar surface area (TPSA) is 30.7 Å². The minimum atomic E-state index is 0.292. The van der Waals surface area contributed by atoms with Crippen LogP contribution in [0.5, 0.6) is 0 Å². The Bertz CT molecular complexity index is 643. The molecule has 0 radical (unpaired) electrons. The molecule has 1 aromatic heterocycles. The highest BCUT2D eigenvalue weighted by Crippen LogP contribution is 2.37. The lowest BCUT2D eigenvalue weighted by Gasteiger charge is -2.20. The van der Waals surface area contributed by atoms with Crippen LogP contribution in [-0.4, -0.2) is 20.5 Å². The highest BCUT2D eigenvalue weighted by atomic mass is 32.2. The molecular formula is C16H19N3S. The van der Waals surface area contributed by atoms with Gasteiger partial charge in [-0.25, -0.2) is 0 Å². The Balaban J connectivity index is 2.19. The third-order valence-corrected chi connectivity index (χ3v) is 4.47. The Kier molecular flexibility index (Phi) is 3.66. The van der Waals surface area contributed by atoms with Gasteiger partial charge in [0.25, 0.3) is 0 Å². The van der Waals surface area contributed by atoms with Crippen LogP contribution >= 0.6 is 11.8 Å². The molecule has 0 spiro atoms. The van der Waals surface area contributed by atoms with Gasteiger partial charge in [-0.15, -0.1) is 10.2 Å². The summed E-state index contributed by atoms with van der Waals surface area (Å²) in [7, 11) is 0. The van der Waals surface area contributed by atoms with Gasteiger partial charge >= 0.3 is 0 Å². The lowest BCUT2D eigenvalue weighted by Crippen LogP contribution is -2.13. The smallest absolute Gasteiger partial charge is 0.195 e. The molecule has 20 heavy (non-hydrogen) atoms. The number of benzene rings is 1. The molecular weight excluding hydrogens is 266 g/mol. The summed E-state index contributed by atoms with van der Waals surface area (Å²) >= 11 is 1.74. The molecule has 0 saturated heterocycles. The monoisotopic (exact) mass is 285 g/mol. The Morgan fingerprint density at radius 3 is 2.80 bits per heavy atom. The standard InChI is InChI=1S/C16H19N3S/c1-4-20-16-18-17-15-14(11(2)3)13-8-6-5-7-12(13)9-10-19(15)16/h5-11,14H,4H2,1-3H3. The summed E-state index contributed by atoms with van der Waals surface area (Å²) in [6.07, 6.45) is 4.28. The maximum absolute atomic E-state index is 4.48. The molecule has 0 aliphatic carbocycles. The van der Waals surface area contributed by atoms with Crippen LogP contribution in [0.15, 0.2) is 29.4 Å². The molecule has 1 aromatic carbocycles. The molecule has 0 fully saturated rings. The maximum atomic E-state index is 4.48. The molecule has 4 heteroatoms. The second kappa shape index (κ2) is 5.44. The number of rotatable bonds is 3. The van der Waals surface area contributed by atoms with Crippen LogP contribution in [-0.2, 0) is 0 Å². The van der Waals surface area contributed by atoms with Gasteiger partial charge in [0.1, 0.15) is 5.82 Å². The highest BCUT2D eigenvalue weighted by molar-refractivity contribution is 7.99. The molecule has 3 rings (SSSR count). The van der Waals surface area contributed by atoms with Crippen LogP contribution < -0.4 is 0 Å². The van der Waals surface area contributed by atoms with Crippen LogP contribution in [0.4, 0.5) is 0 Å². The van der Waals surface area contributed by atoms with Gasteiger partial charge in [-0.05, 0) is 28.9 Å². The van der Waals surface area contributed by atoms with Crippen LogP contribution in [0, 0.1) is 5.92 Å². The molecule has 0 saturated carbocycles. The van der Waals surface area contributed by atoms with Gasteiger partial charge < -0.3 is 0 Å². The Morgan fingerprint density at radius 2 is 2.05 bits per heavy atom. The highest BCUT2D eigenvalue weighted by Gasteiger charge is 2.28. The summed E-state index contributed by atoms with van der Waals surface area (Å²) in [6.45, 7) is 6.64.